The molecule has 0 bridgehead atoms. The van der Waals surface area contributed by atoms with Gasteiger partial charge in [-0.25, -0.2) is 0 Å². The average molecular weight is 194 g/mol. The quantitative estimate of drug-likeness (QED) is 0.754. The van der Waals surface area contributed by atoms with Crippen molar-refractivity contribution < 1.29 is 5.11 Å². The van der Waals surface area contributed by atoms with Crippen molar-refractivity contribution in [3.05, 3.63) is 22.4 Å². The van der Waals surface area contributed by atoms with Crippen LogP contribution < -0.4 is 5.73 Å². The third-order valence-corrected chi connectivity index (χ3v) is 2.18. The van der Waals surface area contributed by atoms with Gasteiger partial charge < -0.3 is 10.8 Å². The van der Waals surface area contributed by atoms with E-state index in [1.54, 1.807) is 11.3 Å². The van der Waals surface area contributed by atoms with Crippen LogP contribution in [0.1, 0.15) is 4.88 Å². The molecule has 0 amide bonds. The molecule has 0 spiro atoms. The van der Waals surface area contributed by atoms with Gasteiger partial charge in [-0.05, 0) is 17.9 Å². The molecule has 0 aliphatic rings. The Labute approximate surface area is 76.5 Å². The van der Waals surface area contributed by atoms with Crippen LogP contribution in [0.25, 0.3) is 0 Å². The van der Waals surface area contributed by atoms with Gasteiger partial charge in [0.1, 0.15) is 0 Å². The minimum absolute atomic E-state index is 0. The number of hydrogen-bond acceptors (Lipinski definition) is 3. The highest BCUT2D eigenvalue weighted by molar-refractivity contribution is 7.09. The molecule has 0 aromatic carbocycles. The second kappa shape index (κ2) is 5.55. The Morgan fingerprint density at radius 1 is 1.64 bits per heavy atom. The van der Waals surface area contributed by atoms with Crippen LogP contribution in [0.4, 0.5) is 0 Å². The fourth-order valence-corrected chi connectivity index (χ4v) is 1.55. The lowest BCUT2D eigenvalue weighted by Gasteiger charge is -2.03. The van der Waals surface area contributed by atoms with Gasteiger partial charge in [0.15, 0.2) is 0 Å². The van der Waals surface area contributed by atoms with E-state index in [-0.39, 0.29) is 25.1 Å². The van der Waals surface area contributed by atoms with Gasteiger partial charge >= 0.3 is 0 Å². The molecular formula is C7H12ClNOS. The van der Waals surface area contributed by atoms with Crippen LogP contribution in [0.5, 0.6) is 0 Å². The number of nitrogens with two attached hydrogens (primary N) is 1. The minimum Gasteiger partial charge on any atom is -0.395 e. The summed E-state index contributed by atoms with van der Waals surface area (Å²) in [5.41, 5.74) is 5.52. The molecule has 3 N–H and O–H groups in total. The lowest BCUT2D eigenvalue weighted by molar-refractivity contribution is 0.266. The molecule has 0 aliphatic heterocycles. The molecule has 0 unspecified atom stereocenters. The van der Waals surface area contributed by atoms with Crippen molar-refractivity contribution in [1.29, 1.82) is 0 Å². The fraction of sp³-hybridized carbons (Fsp3) is 0.429. The molecule has 64 valence electrons. The van der Waals surface area contributed by atoms with Gasteiger partial charge in [-0.2, -0.15) is 0 Å². The summed E-state index contributed by atoms with van der Waals surface area (Å²) in [5.74, 6) is 0. The summed E-state index contributed by atoms with van der Waals surface area (Å²) >= 11 is 1.68. The third kappa shape index (κ3) is 3.72. The highest BCUT2D eigenvalue weighted by Crippen LogP contribution is 2.09. The van der Waals surface area contributed by atoms with Crippen LogP contribution >= 0.6 is 23.7 Å². The van der Waals surface area contributed by atoms with Gasteiger partial charge in [-0.1, -0.05) is 6.07 Å². The van der Waals surface area contributed by atoms with Gasteiger partial charge in [0.05, 0.1) is 6.61 Å². The molecule has 0 saturated carbocycles. The molecule has 0 aliphatic carbocycles. The number of halogens is 1. The van der Waals surface area contributed by atoms with Crippen molar-refractivity contribution in [3.8, 4) is 0 Å². The Bertz CT molecular complexity index is 179. The average Bonchev–Trinajstić information content (AvgIpc) is 2.40. The first-order valence-corrected chi connectivity index (χ1v) is 4.09. The standard InChI is InChI=1S/C7H11NOS.ClH/c8-6(5-9)4-7-2-1-3-10-7;/h1-3,6,9H,4-5,8H2;1H/t6-;/m0./s1. The zero-order valence-corrected chi connectivity index (χ0v) is 7.70. The van der Waals surface area contributed by atoms with Crippen molar-refractivity contribution in [1.82, 2.24) is 0 Å². The smallest absolute Gasteiger partial charge is 0.0586 e. The van der Waals surface area contributed by atoms with Crippen molar-refractivity contribution >= 4 is 23.7 Å². The summed E-state index contributed by atoms with van der Waals surface area (Å²) < 4.78 is 0. The fourth-order valence-electron chi connectivity index (χ4n) is 0.752. The van der Waals surface area contributed by atoms with E-state index >= 15 is 0 Å². The van der Waals surface area contributed by atoms with Crippen LogP contribution in [0.3, 0.4) is 0 Å². The molecule has 1 rings (SSSR count). The van der Waals surface area contributed by atoms with E-state index in [1.807, 2.05) is 17.5 Å². The van der Waals surface area contributed by atoms with Crippen LogP contribution in [-0.2, 0) is 6.42 Å². The lowest BCUT2D eigenvalue weighted by Crippen LogP contribution is -2.26. The summed E-state index contributed by atoms with van der Waals surface area (Å²) in [6, 6.07) is 3.92. The van der Waals surface area contributed by atoms with E-state index in [0.29, 0.717) is 0 Å². The van der Waals surface area contributed by atoms with Crippen LogP contribution in [0.2, 0.25) is 0 Å². The normalized spacial score (nSPS) is 12.2. The van der Waals surface area contributed by atoms with Gasteiger partial charge in [0, 0.05) is 10.9 Å². The van der Waals surface area contributed by atoms with Crippen molar-refractivity contribution in [2.75, 3.05) is 6.61 Å². The maximum atomic E-state index is 8.61. The second-order valence-corrected chi connectivity index (χ2v) is 3.26. The summed E-state index contributed by atoms with van der Waals surface area (Å²) in [5, 5.41) is 10.6. The van der Waals surface area contributed by atoms with E-state index in [2.05, 4.69) is 0 Å². The first kappa shape index (κ1) is 10.9. The number of thiophene rings is 1. The Balaban J connectivity index is 0.000001000. The Morgan fingerprint density at radius 3 is 2.82 bits per heavy atom. The monoisotopic (exact) mass is 193 g/mol. The maximum absolute atomic E-state index is 8.61. The van der Waals surface area contributed by atoms with E-state index in [9.17, 15) is 0 Å². The summed E-state index contributed by atoms with van der Waals surface area (Å²) in [4.78, 5) is 1.24. The van der Waals surface area contributed by atoms with E-state index < -0.39 is 0 Å². The van der Waals surface area contributed by atoms with Gasteiger partial charge in [0.2, 0.25) is 0 Å². The highest BCUT2D eigenvalue weighted by Gasteiger charge is 2.01. The molecule has 4 heteroatoms. The number of aliphatic hydroxyl groups is 1. The molecule has 11 heavy (non-hydrogen) atoms. The first-order valence-electron chi connectivity index (χ1n) is 3.21. The van der Waals surface area contributed by atoms with E-state index in [1.165, 1.54) is 4.88 Å². The van der Waals surface area contributed by atoms with Gasteiger partial charge in [0.25, 0.3) is 0 Å². The molecule has 0 fully saturated rings. The van der Waals surface area contributed by atoms with Crippen LogP contribution in [0.15, 0.2) is 17.5 Å². The minimum atomic E-state index is -0.0985. The topological polar surface area (TPSA) is 46.2 Å². The lowest BCUT2D eigenvalue weighted by atomic mass is 10.2. The van der Waals surface area contributed by atoms with Crippen molar-refractivity contribution in [2.24, 2.45) is 5.73 Å². The molecule has 1 aromatic rings. The SMILES string of the molecule is Cl.N[C@H](CO)Cc1cccs1. The second-order valence-electron chi connectivity index (χ2n) is 2.23. The number of aliphatic hydroxyl groups excluding tert-OH is 1. The van der Waals surface area contributed by atoms with Crippen molar-refractivity contribution in [3.63, 3.8) is 0 Å². The van der Waals surface area contributed by atoms with Crippen LogP contribution in [-0.4, -0.2) is 17.8 Å². The summed E-state index contributed by atoms with van der Waals surface area (Å²) in [6.07, 6.45) is 0.786. The maximum Gasteiger partial charge on any atom is 0.0586 e. The van der Waals surface area contributed by atoms with Gasteiger partial charge in [-0.15, -0.1) is 23.7 Å². The number of hydrogen-bond donors (Lipinski definition) is 2. The predicted octanol–water partition coefficient (Wildman–Crippen LogP) is 1.03. The molecule has 2 nitrogen and oxygen atoms in total. The van der Waals surface area contributed by atoms with Crippen LogP contribution in [0, 0.1) is 0 Å². The Hall–Kier alpha value is -0.0900. The van der Waals surface area contributed by atoms with Gasteiger partial charge in [-0.3, -0.25) is 0 Å². The summed E-state index contributed by atoms with van der Waals surface area (Å²) in [6.45, 7) is 0.0674. The molecule has 1 atom stereocenters. The number of rotatable bonds is 3. The molecule has 1 aromatic heterocycles. The molecular weight excluding hydrogens is 182 g/mol. The zero-order valence-electron chi connectivity index (χ0n) is 6.06. The van der Waals surface area contributed by atoms with E-state index in [0.717, 1.165) is 6.42 Å². The molecule has 0 radical (unpaired) electrons. The zero-order chi connectivity index (χ0) is 7.40. The first-order chi connectivity index (χ1) is 4.83. The largest absolute Gasteiger partial charge is 0.395 e. The van der Waals surface area contributed by atoms with E-state index in [4.69, 9.17) is 10.8 Å². The Kier molecular flexibility index (Phi) is 5.50. The summed E-state index contributed by atoms with van der Waals surface area (Å²) in [7, 11) is 0. The highest BCUT2D eigenvalue weighted by atomic mass is 35.5. The Morgan fingerprint density at radius 2 is 2.36 bits per heavy atom. The van der Waals surface area contributed by atoms with Crippen molar-refractivity contribution in [2.45, 2.75) is 12.5 Å². The molecule has 1 heterocycles. The third-order valence-electron chi connectivity index (χ3n) is 1.28. The predicted molar refractivity (Wildman–Crippen MR) is 50.3 cm³/mol. The molecule has 0 saturated heterocycles.